The van der Waals surface area contributed by atoms with Gasteiger partial charge in [-0.25, -0.2) is 0 Å². The van der Waals surface area contributed by atoms with Gasteiger partial charge in [0.25, 0.3) is 5.69 Å². The summed E-state index contributed by atoms with van der Waals surface area (Å²) in [6, 6.07) is 16.4. The molecule has 2 aromatic rings. The van der Waals surface area contributed by atoms with Gasteiger partial charge in [0.1, 0.15) is 6.17 Å². The van der Waals surface area contributed by atoms with Crippen molar-refractivity contribution >= 4 is 17.7 Å². The third-order valence-corrected chi connectivity index (χ3v) is 4.79. The van der Waals surface area contributed by atoms with E-state index in [1.807, 2.05) is 35.2 Å². The minimum atomic E-state index is -0.410. The van der Waals surface area contributed by atoms with E-state index in [0.29, 0.717) is 6.54 Å². The van der Waals surface area contributed by atoms with Gasteiger partial charge in [0, 0.05) is 37.5 Å². The first-order valence-electron chi connectivity index (χ1n) is 8.93. The lowest BCUT2D eigenvalue weighted by Crippen LogP contribution is -2.51. The van der Waals surface area contributed by atoms with Gasteiger partial charge in [0.2, 0.25) is 0 Å². The lowest BCUT2D eigenvalue weighted by Gasteiger charge is -2.39. The van der Waals surface area contributed by atoms with E-state index in [9.17, 15) is 14.9 Å². The Labute approximate surface area is 153 Å². The van der Waals surface area contributed by atoms with Crippen molar-refractivity contribution < 1.29 is 9.72 Å². The van der Waals surface area contributed by atoms with Gasteiger partial charge in [0.05, 0.1) is 4.92 Å². The van der Waals surface area contributed by atoms with Gasteiger partial charge >= 0.3 is 0 Å². The van der Waals surface area contributed by atoms with Crippen molar-refractivity contribution in [1.29, 1.82) is 0 Å². The lowest BCUT2D eigenvalue weighted by molar-refractivity contribution is -0.384. The number of nitro groups is 1. The Kier molecular flexibility index (Phi) is 5.96. The van der Waals surface area contributed by atoms with E-state index < -0.39 is 4.92 Å². The second-order valence-electron chi connectivity index (χ2n) is 6.53. The van der Waals surface area contributed by atoms with Crippen molar-refractivity contribution in [3.63, 3.8) is 0 Å². The maximum absolute atomic E-state index is 12.0. The van der Waals surface area contributed by atoms with E-state index in [4.69, 9.17) is 0 Å². The van der Waals surface area contributed by atoms with Crippen LogP contribution in [0.25, 0.3) is 0 Å². The van der Waals surface area contributed by atoms with Crippen LogP contribution >= 0.6 is 0 Å². The Bertz CT molecular complexity index is 728. The molecule has 0 radical (unpaired) electrons. The van der Waals surface area contributed by atoms with Crippen LogP contribution in [-0.2, 0) is 11.3 Å². The molecular formula is C20H23N3O3. The molecule has 1 atom stereocenters. The standard InChI is InChI=1S/C20H23N3O3/c24-16-20(21-13-5-2-6-14-21)22(15-17-7-3-1-4-8-17)18-9-11-19(12-10-18)23(25)26/h1,3-4,7-12,16,20H,2,5-6,13-15H2. The van der Waals surface area contributed by atoms with Gasteiger partial charge in [0.15, 0.2) is 6.29 Å². The van der Waals surface area contributed by atoms with Crippen LogP contribution in [0.2, 0.25) is 0 Å². The number of nitrogens with zero attached hydrogens (tertiary/aromatic N) is 3. The third-order valence-electron chi connectivity index (χ3n) is 4.79. The van der Waals surface area contributed by atoms with Crippen LogP contribution in [0, 0.1) is 10.1 Å². The van der Waals surface area contributed by atoms with Gasteiger partial charge < -0.3 is 4.90 Å². The SMILES string of the molecule is O=CC(N1CCCCC1)N(Cc1ccccc1)c1ccc([N+](=O)[O-])cc1. The Balaban J connectivity index is 1.91. The molecule has 0 saturated carbocycles. The molecule has 1 fully saturated rings. The molecule has 26 heavy (non-hydrogen) atoms. The van der Waals surface area contributed by atoms with Gasteiger partial charge in [-0.1, -0.05) is 36.8 Å². The molecule has 136 valence electrons. The van der Waals surface area contributed by atoms with Crippen molar-refractivity contribution in [2.45, 2.75) is 32.0 Å². The van der Waals surface area contributed by atoms with Gasteiger partial charge in [-0.2, -0.15) is 0 Å². The summed E-state index contributed by atoms with van der Waals surface area (Å²) in [5.74, 6) is 0. The number of likely N-dealkylation sites (tertiary alicyclic amines) is 1. The van der Waals surface area contributed by atoms with Crippen molar-refractivity contribution in [2.24, 2.45) is 0 Å². The zero-order valence-electron chi connectivity index (χ0n) is 14.7. The molecule has 1 aliphatic rings. The summed E-state index contributed by atoms with van der Waals surface area (Å²) in [6.45, 7) is 2.35. The third kappa shape index (κ3) is 4.26. The number of anilines is 1. The molecule has 0 aliphatic carbocycles. The highest BCUT2D eigenvalue weighted by Crippen LogP contribution is 2.25. The predicted octanol–water partition coefficient (Wildman–Crippen LogP) is 3.61. The highest BCUT2D eigenvalue weighted by atomic mass is 16.6. The number of aldehydes is 1. The molecule has 6 heteroatoms. The van der Waals surface area contributed by atoms with Crippen LogP contribution in [0.4, 0.5) is 11.4 Å². The predicted molar refractivity (Wildman–Crippen MR) is 101 cm³/mol. The van der Waals surface area contributed by atoms with Gasteiger partial charge in [-0.15, -0.1) is 0 Å². The van der Waals surface area contributed by atoms with Gasteiger partial charge in [-0.3, -0.25) is 19.8 Å². The number of non-ortho nitro benzene ring substituents is 1. The largest absolute Gasteiger partial charge is 0.345 e. The van der Waals surface area contributed by atoms with E-state index >= 15 is 0 Å². The van der Waals surface area contributed by atoms with Crippen LogP contribution in [0.1, 0.15) is 24.8 Å². The second kappa shape index (κ2) is 8.58. The number of benzene rings is 2. The molecule has 0 spiro atoms. The second-order valence-corrected chi connectivity index (χ2v) is 6.53. The Morgan fingerprint density at radius 1 is 1.04 bits per heavy atom. The molecule has 6 nitrogen and oxygen atoms in total. The number of hydrogen-bond donors (Lipinski definition) is 0. The summed E-state index contributed by atoms with van der Waals surface area (Å²) in [6.07, 6.45) is 3.97. The topological polar surface area (TPSA) is 66.7 Å². The highest BCUT2D eigenvalue weighted by molar-refractivity contribution is 5.66. The van der Waals surface area contributed by atoms with E-state index in [1.165, 1.54) is 18.6 Å². The molecule has 0 bridgehead atoms. The zero-order chi connectivity index (χ0) is 18.4. The van der Waals surface area contributed by atoms with E-state index in [1.54, 1.807) is 12.1 Å². The molecule has 2 aromatic carbocycles. The Hall–Kier alpha value is -2.73. The minimum Gasteiger partial charge on any atom is -0.345 e. The summed E-state index contributed by atoms with van der Waals surface area (Å²) in [5, 5.41) is 10.9. The molecule has 1 heterocycles. The van der Waals surface area contributed by atoms with Crippen molar-refractivity contribution in [3.8, 4) is 0 Å². The van der Waals surface area contributed by atoms with E-state index in [-0.39, 0.29) is 11.9 Å². The fraction of sp³-hybridized carbons (Fsp3) is 0.350. The van der Waals surface area contributed by atoms with Crippen molar-refractivity contribution in [3.05, 3.63) is 70.3 Å². The molecule has 0 aromatic heterocycles. The van der Waals surface area contributed by atoms with E-state index in [0.717, 1.165) is 43.5 Å². The Morgan fingerprint density at radius 2 is 1.69 bits per heavy atom. The fourth-order valence-electron chi connectivity index (χ4n) is 3.42. The normalized spacial score (nSPS) is 16.0. The Morgan fingerprint density at radius 3 is 2.27 bits per heavy atom. The van der Waals surface area contributed by atoms with E-state index in [2.05, 4.69) is 4.90 Å². The molecule has 3 rings (SSSR count). The molecule has 1 aliphatic heterocycles. The summed E-state index contributed by atoms with van der Waals surface area (Å²) >= 11 is 0. The minimum absolute atomic E-state index is 0.0500. The zero-order valence-corrected chi connectivity index (χ0v) is 14.7. The summed E-state index contributed by atoms with van der Waals surface area (Å²) in [7, 11) is 0. The monoisotopic (exact) mass is 353 g/mol. The highest BCUT2D eigenvalue weighted by Gasteiger charge is 2.27. The first-order chi connectivity index (χ1) is 12.7. The molecule has 1 saturated heterocycles. The maximum Gasteiger partial charge on any atom is 0.269 e. The number of rotatable bonds is 7. The smallest absolute Gasteiger partial charge is 0.269 e. The number of carbonyl (C=O) groups excluding carboxylic acids is 1. The quantitative estimate of drug-likeness (QED) is 0.432. The number of piperidine rings is 1. The van der Waals surface area contributed by atoms with Crippen molar-refractivity contribution in [2.75, 3.05) is 18.0 Å². The maximum atomic E-state index is 12.0. The van der Waals surface area contributed by atoms with Crippen molar-refractivity contribution in [1.82, 2.24) is 4.90 Å². The van der Waals surface area contributed by atoms with Crippen LogP contribution in [0.5, 0.6) is 0 Å². The molecule has 1 unspecified atom stereocenters. The molecular weight excluding hydrogens is 330 g/mol. The number of hydrogen-bond acceptors (Lipinski definition) is 5. The summed E-state index contributed by atoms with van der Waals surface area (Å²) in [4.78, 5) is 26.7. The first kappa shape index (κ1) is 18.1. The average molecular weight is 353 g/mol. The summed E-state index contributed by atoms with van der Waals surface area (Å²) < 4.78 is 0. The van der Waals surface area contributed by atoms with Crippen LogP contribution in [0.3, 0.4) is 0 Å². The molecule has 0 amide bonds. The van der Waals surface area contributed by atoms with Gasteiger partial charge in [-0.05, 0) is 30.5 Å². The summed E-state index contributed by atoms with van der Waals surface area (Å²) in [5.41, 5.74) is 1.95. The lowest BCUT2D eigenvalue weighted by atomic mass is 10.1. The average Bonchev–Trinajstić information content (AvgIpc) is 2.69. The van der Waals surface area contributed by atoms with Crippen LogP contribution in [-0.4, -0.2) is 35.4 Å². The van der Waals surface area contributed by atoms with Crippen LogP contribution in [0.15, 0.2) is 54.6 Å². The fourth-order valence-corrected chi connectivity index (χ4v) is 3.42. The molecule has 0 N–H and O–H groups in total. The number of carbonyl (C=O) groups is 1. The number of nitro benzene ring substituents is 1. The van der Waals surface area contributed by atoms with Crippen LogP contribution < -0.4 is 4.90 Å². The first-order valence-corrected chi connectivity index (χ1v) is 8.93.